The molecule has 1 atom stereocenters. The Morgan fingerprint density at radius 2 is 2.50 bits per heavy atom. The molecule has 0 spiro atoms. The molecule has 0 bridgehead atoms. The molecule has 1 aromatic rings. The highest BCUT2D eigenvalue weighted by atomic mass is 35.5. The van der Waals surface area contributed by atoms with Crippen molar-refractivity contribution in [2.75, 3.05) is 5.88 Å². The first kappa shape index (κ1) is 7.61. The van der Waals surface area contributed by atoms with Crippen molar-refractivity contribution in [1.29, 1.82) is 0 Å². The van der Waals surface area contributed by atoms with Gasteiger partial charge in [0, 0.05) is 18.3 Å². The molecular formula is C7H10ClN2. The fraction of sp³-hybridized carbons (Fsp3) is 0.429. The zero-order valence-corrected chi connectivity index (χ0v) is 6.67. The Morgan fingerprint density at radius 1 is 1.80 bits per heavy atom. The van der Waals surface area contributed by atoms with Gasteiger partial charge in [-0.15, -0.1) is 11.6 Å². The summed E-state index contributed by atoms with van der Waals surface area (Å²) in [5.74, 6) is 0.489. The molecule has 1 rings (SSSR count). The minimum atomic E-state index is -0.266. The quantitative estimate of drug-likeness (QED) is 0.598. The second kappa shape index (κ2) is 2.62. The third kappa shape index (κ3) is 1.32. The topological polar surface area (TPSA) is 17.8 Å². The van der Waals surface area contributed by atoms with E-state index in [4.69, 9.17) is 11.6 Å². The largest absolute Gasteiger partial charge is 0.330 e. The molecule has 0 amide bonds. The summed E-state index contributed by atoms with van der Waals surface area (Å²) in [4.78, 5) is 3.90. The van der Waals surface area contributed by atoms with Crippen LogP contribution in [0.3, 0.4) is 0 Å². The number of hydrogen-bond donors (Lipinski definition) is 0. The Morgan fingerprint density at radius 3 is 2.90 bits per heavy atom. The van der Waals surface area contributed by atoms with Gasteiger partial charge in [0.05, 0.1) is 11.9 Å². The van der Waals surface area contributed by atoms with E-state index < -0.39 is 0 Å². The number of aromatic nitrogens is 2. The Balaban J connectivity index is 2.85. The first-order valence-electron chi connectivity index (χ1n) is 3.06. The zero-order chi connectivity index (χ0) is 7.61. The standard InChI is InChI=1S/C7H10ClN2/c1-7(2,5-8)10-4-3-9-6-10/h3-4,6H,1,5H2,2H3. The van der Waals surface area contributed by atoms with Gasteiger partial charge >= 0.3 is 0 Å². The van der Waals surface area contributed by atoms with Crippen LogP contribution in [0, 0.1) is 6.92 Å². The Kier molecular flexibility index (Phi) is 2.00. The third-order valence-corrected chi connectivity index (χ3v) is 1.99. The SMILES string of the molecule is [CH2]C(C)(CCl)n1ccnc1. The lowest BCUT2D eigenvalue weighted by molar-refractivity contribution is 0.456. The van der Waals surface area contributed by atoms with Gasteiger partial charge in [-0.05, 0) is 13.8 Å². The average molecular weight is 158 g/mol. The molecule has 0 saturated heterocycles. The van der Waals surface area contributed by atoms with Gasteiger partial charge < -0.3 is 4.57 Å². The molecule has 0 N–H and O–H groups in total. The summed E-state index contributed by atoms with van der Waals surface area (Å²) in [5.41, 5.74) is -0.266. The van der Waals surface area contributed by atoms with Crippen LogP contribution in [0.25, 0.3) is 0 Å². The molecule has 1 heterocycles. The zero-order valence-electron chi connectivity index (χ0n) is 5.92. The summed E-state index contributed by atoms with van der Waals surface area (Å²) < 4.78 is 1.89. The van der Waals surface area contributed by atoms with Crippen LogP contribution in [0.4, 0.5) is 0 Å². The van der Waals surface area contributed by atoms with Crippen molar-refractivity contribution >= 4 is 11.6 Å². The van der Waals surface area contributed by atoms with Crippen molar-refractivity contribution < 1.29 is 0 Å². The molecule has 0 saturated carbocycles. The number of halogens is 1. The fourth-order valence-electron chi connectivity index (χ4n) is 0.647. The fourth-order valence-corrected chi connectivity index (χ4v) is 0.785. The van der Waals surface area contributed by atoms with Crippen LogP contribution < -0.4 is 0 Å². The summed E-state index contributed by atoms with van der Waals surface area (Å²) in [7, 11) is 0. The van der Waals surface area contributed by atoms with Gasteiger partial charge in [0.25, 0.3) is 0 Å². The molecule has 0 aromatic carbocycles. The van der Waals surface area contributed by atoms with E-state index in [0.29, 0.717) is 5.88 Å². The summed E-state index contributed by atoms with van der Waals surface area (Å²) in [6, 6.07) is 0. The smallest absolute Gasteiger partial charge is 0.0951 e. The highest BCUT2D eigenvalue weighted by Gasteiger charge is 2.16. The van der Waals surface area contributed by atoms with Gasteiger partial charge in [-0.3, -0.25) is 0 Å². The Hall–Kier alpha value is -0.500. The van der Waals surface area contributed by atoms with E-state index in [9.17, 15) is 0 Å². The molecule has 0 aliphatic rings. The van der Waals surface area contributed by atoms with Gasteiger partial charge in [0.2, 0.25) is 0 Å². The molecular weight excluding hydrogens is 148 g/mol. The maximum absolute atomic E-state index is 5.67. The van der Waals surface area contributed by atoms with E-state index in [1.807, 2.05) is 17.7 Å². The monoisotopic (exact) mass is 157 g/mol. The number of imidazole rings is 1. The maximum Gasteiger partial charge on any atom is 0.0951 e. The molecule has 0 fully saturated rings. The summed E-state index contributed by atoms with van der Waals surface area (Å²) in [6.07, 6.45) is 5.29. The summed E-state index contributed by atoms with van der Waals surface area (Å²) in [6.45, 7) is 5.88. The first-order chi connectivity index (χ1) is 4.67. The lowest BCUT2D eigenvalue weighted by Crippen LogP contribution is -2.26. The molecule has 3 heteroatoms. The minimum Gasteiger partial charge on any atom is -0.330 e. The van der Waals surface area contributed by atoms with Gasteiger partial charge in [-0.1, -0.05) is 0 Å². The third-order valence-electron chi connectivity index (χ3n) is 1.42. The number of alkyl halides is 1. The number of rotatable bonds is 2. The average Bonchev–Trinajstić information content (AvgIpc) is 2.38. The molecule has 2 nitrogen and oxygen atoms in total. The van der Waals surface area contributed by atoms with E-state index in [1.165, 1.54) is 0 Å². The van der Waals surface area contributed by atoms with E-state index in [2.05, 4.69) is 11.9 Å². The highest BCUT2D eigenvalue weighted by molar-refractivity contribution is 6.18. The second-order valence-corrected chi connectivity index (χ2v) is 2.87. The molecule has 0 aliphatic carbocycles. The maximum atomic E-state index is 5.67. The van der Waals surface area contributed by atoms with Gasteiger partial charge in [-0.2, -0.15) is 0 Å². The van der Waals surface area contributed by atoms with Crippen LogP contribution >= 0.6 is 11.6 Å². The van der Waals surface area contributed by atoms with E-state index in [0.717, 1.165) is 0 Å². The van der Waals surface area contributed by atoms with Crippen LogP contribution in [0.5, 0.6) is 0 Å². The van der Waals surface area contributed by atoms with Crippen molar-refractivity contribution in [3.05, 3.63) is 25.6 Å². The summed E-state index contributed by atoms with van der Waals surface area (Å²) >= 11 is 5.67. The van der Waals surface area contributed by atoms with Crippen LogP contribution in [-0.4, -0.2) is 15.4 Å². The van der Waals surface area contributed by atoms with Gasteiger partial charge in [0.15, 0.2) is 0 Å². The molecule has 1 radical (unpaired) electrons. The molecule has 1 unspecified atom stereocenters. The van der Waals surface area contributed by atoms with Gasteiger partial charge in [-0.25, -0.2) is 4.98 Å². The second-order valence-electron chi connectivity index (χ2n) is 2.60. The highest BCUT2D eigenvalue weighted by Crippen LogP contribution is 2.14. The summed E-state index contributed by atoms with van der Waals surface area (Å²) in [5, 5.41) is 0. The van der Waals surface area contributed by atoms with Crippen LogP contribution in [-0.2, 0) is 5.54 Å². The van der Waals surface area contributed by atoms with E-state index in [-0.39, 0.29) is 5.54 Å². The lowest BCUT2D eigenvalue weighted by atomic mass is 10.1. The number of hydrogen-bond acceptors (Lipinski definition) is 1. The number of nitrogens with zero attached hydrogens (tertiary/aromatic N) is 2. The van der Waals surface area contributed by atoms with E-state index >= 15 is 0 Å². The van der Waals surface area contributed by atoms with Crippen LogP contribution in [0.2, 0.25) is 0 Å². The normalized spacial score (nSPS) is 11.9. The Labute approximate surface area is 65.8 Å². The molecule has 1 aromatic heterocycles. The Bertz CT molecular complexity index is 191. The molecule has 55 valence electrons. The van der Waals surface area contributed by atoms with Crippen molar-refractivity contribution in [2.45, 2.75) is 12.5 Å². The molecule has 0 aliphatic heterocycles. The van der Waals surface area contributed by atoms with Crippen LogP contribution in [0.15, 0.2) is 18.7 Å². The lowest BCUT2D eigenvalue weighted by Gasteiger charge is -2.22. The first-order valence-corrected chi connectivity index (χ1v) is 3.60. The van der Waals surface area contributed by atoms with Gasteiger partial charge in [0.1, 0.15) is 0 Å². The predicted octanol–water partition coefficient (Wildman–Crippen LogP) is 1.67. The predicted molar refractivity (Wildman–Crippen MR) is 42.0 cm³/mol. The van der Waals surface area contributed by atoms with Crippen molar-refractivity contribution in [2.24, 2.45) is 0 Å². The van der Waals surface area contributed by atoms with Crippen molar-refractivity contribution in [3.8, 4) is 0 Å². The van der Waals surface area contributed by atoms with Crippen molar-refractivity contribution in [1.82, 2.24) is 9.55 Å². The van der Waals surface area contributed by atoms with E-state index in [1.54, 1.807) is 12.5 Å². The van der Waals surface area contributed by atoms with Crippen molar-refractivity contribution in [3.63, 3.8) is 0 Å². The van der Waals surface area contributed by atoms with Crippen LogP contribution in [0.1, 0.15) is 6.92 Å². The molecule has 10 heavy (non-hydrogen) atoms. The minimum absolute atomic E-state index is 0.266.